The summed E-state index contributed by atoms with van der Waals surface area (Å²) >= 11 is 0. The number of benzene rings is 1. The van der Waals surface area contributed by atoms with Crippen LogP contribution in [0.25, 0.3) is 0 Å². The van der Waals surface area contributed by atoms with Gasteiger partial charge in [-0.05, 0) is 38.0 Å². The highest BCUT2D eigenvalue weighted by atomic mass is 32.2. The van der Waals surface area contributed by atoms with Crippen molar-refractivity contribution < 1.29 is 23.1 Å². The van der Waals surface area contributed by atoms with Gasteiger partial charge in [0.05, 0.1) is 22.6 Å². The molecule has 1 atom stereocenters. The predicted molar refractivity (Wildman–Crippen MR) is 76.6 cm³/mol. The van der Waals surface area contributed by atoms with E-state index in [4.69, 9.17) is 15.6 Å². The molecule has 2 rings (SSSR count). The molecule has 1 unspecified atom stereocenters. The van der Waals surface area contributed by atoms with Crippen LogP contribution < -0.4 is 10.5 Å². The molecule has 0 aliphatic carbocycles. The summed E-state index contributed by atoms with van der Waals surface area (Å²) < 4.78 is 32.8. The van der Waals surface area contributed by atoms with Crippen molar-refractivity contribution in [1.82, 2.24) is 4.72 Å². The zero-order chi connectivity index (χ0) is 15.7. The Labute approximate surface area is 123 Å². The standard InChI is InChI=1S/C13H18N2O5S/c1-13(5-2-6-20-8-13)15-21(18,19)11-4-3-9(14)7-10(11)12(16)17/h3-4,7,15H,2,5-6,8,14H2,1H3,(H,16,17). The minimum atomic E-state index is -3.98. The smallest absolute Gasteiger partial charge is 0.337 e. The number of anilines is 1. The summed E-state index contributed by atoms with van der Waals surface area (Å²) in [4.78, 5) is 10.9. The molecule has 0 saturated carbocycles. The summed E-state index contributed by atoms with van der Waals surface area (Å²) in [5.41, 5.74) is 4.63. The maximum atomic E-state index is 12.5. The highest BCUT2D eigenvalue weighted by Crippen LogP contribution is 2.24. The molecule has 4 N–H and O–H groups in total. The number of rotatable bonds is 4. The van der Waals surface area contributed by atoms with Gasteiger partial charge in [0.15, 0.2) is 0 Å². The van der Waals surface area contributed by atoms with Crippen LogP contribution >= 0.6 is 0 Å². The van der Waals surface area contributed by atoms with E-state index in [1.807, 2.05) is 0 Å². The van der Waals surface area contributed by atoms with Crippen LogP contribution in [-0.4, -0.2) is 38.2 Å². The van der Waals surface area contributed by atoms with Crippen LogP contribution in [0.1, 0.15) is 30.1 Å². The Hall–Kier alpha value is -1.64. The first-order valence-electron chi connectivity index (χ1n) is 6.48. The van der Waals surface area contributed by atoms with Crippen LogP contribution in [0, 0.1) is 0 Å². The lowest BCUT2D eigenvalue weighted by molar-refractivity contribution is 0.0386. The van der Waals surface area contributed by atoms with Crippen molar-refractivity contribution in [2.24, 2.45) is 0 Å². The van der Waals surface area contributed by atoms with Gasteiger partial charge in [-0.25, -0.2) is 17.9 Å². The zero-order valence-corrected chi connectivity index (χ0v) is 12.4. The van der Waals surface area contributed by atoms with Crippen LogP contribution in [0.2, 0.25) is 0 Å². The Morgan fingerprint density at radius 3 is 2.76 bits per heavy atom. The van der Waals surface area contributed by atoms with Crippen molar-refractivity contribution in [3.8, 4) is 0 Å². The van der Waals surface area contributed by atoms with Gasteiger partial charge in [-0.3, -0.25) is 0 Å². The third-order valence-electron chi connectivity index (χ3n) is 3.34. The first kappa shape index (κ1) is 15.7. The summed E-state index contributed by atoms with van der Waals surface area (Å²) in [5, 5.41) is 9.15. The minimum Gasteiger partial charge on any atom is -0.478 e. The van der Waals surface area contributed by atoms with Crippen LogP contribution in [0.3, 0.4) is 0 Å². The Morgan fingerprint density at radius 2 is 2.19 bits per heavy atom. The Balaban J connectivity index is 2.38. The van der Waals surface area contributed by atoms with E-state index in [0.29, 0.717) is 13.0 Å². The third-order valence-corrected chi connectivity index (χ3v) is 5.04. The second kappa shape index (κ2) is 5.63. The van der Waals surface area contributed by atoms with Gasteiger partial charge in [-0.15, -0.1) is 0 Å². The van der Waals surface area contributed by atoms with E-state index in [0.717, 1.165) is 12.5 Å². The SMILES string of the molecule is CC1(NS(=O)(=O)c2ccc(N)cc2C(=O)O)CCCOC1. The first-order chi connectivity index (χ1) is 9.73. The Kier molecular flexibility index (Phi) is 4.22. The number of carboxylic acid groups (broad SMARTS) is 1. The van der Waals surface area contributed by atoms with E-state index in [-0.39, 0.29) is 22.8 Å². The van der Waals surface area contributed by atoms with Crippen molar-refractivity contribution in [3.05, 3.63) is 23.8 Å². The van der Waals surface area contributed by atoms with Gasteiger partial charge in [-0.1, -0.05) is 0 Å². The van der Waals surface area contributed by atoms with E-state index >= 15 is 0 Å². The maximum absolute atomic E-state index is 12.5. The van der Waals surface area contributed by atoms with E-state index in [1.165, 1.54) is 12.1 Å². The first-order valence-corrected chi connectivity index (χ1v) is 7.96. The number of aromatic carboxylic acids is 1. The summed E-state index contributed by atoms with van der Waals surface area (Å²) in [6, 6.07) is 3.70. The maximum Gasteiger partial charge on any atom is 0.337 e. The number of hydrogen-bond acceptors (Lipinski definition) is 5. The van der Waals surface area contributed by atoms with Crippen molar-refractivity contribution in [3.63, 3.8) is 0 Å². The lowest BCUT2D eigenvalue weighted by Crippen LogP contribution is -2.51. The highest BCUT2D eigenvalue weighted by Gasteiger charge is 2.34. The summed E-state index contributed by atoms with van der Waals surface area (Å²) in [7, 11) is -3.98. The topological polar surface area (TPSA) is 119 Å². The molecule has 1 fully saturated rings. The Bertz CT molecular complexity index is 651. The number of nitrogens with one attached hydrogen (secondary N) is 1. The summed E-state index contributed by atoms with van der Waals surface area (Å²) in [6.45, 7) is 2.59. The number of ether oxygens (including phenoxy) is 1. The minimum absolute atomic E-state index is 0.193. The molecule has 0 aromatic heterocycles. The molecule has 21 heavy (non-hydrogen) atoms. The molecule has 7 nitrogen and oxygen atoms in total. The molecule has 1 aliphatic rings. The van der Waals surface area contributed by atoms with Gasteiger partial charge in [0.2, 0.25) is 10.0 Å². The van der Waals surface area contributed by atoms with Gasteiger partial charge in [0, 0.05) is 12.3 Å². The van der Waals surface area contributed by atoms with Gasteiger partial charge >= 0.3 is 5.97 Å². The quantitative estimate of drug-likeness (QED) is 0.708. The van der Waals surface area contributed by atoms with Gasteiger partial charge in [0.25, 0.3) is 0 Å². The normalized spacial score (nSPS) is 22.9. The number of sulfonamides is 1. The molecule has 1 aromatic carbocycles. The van der Waals surface area contributed by atoms with E-state index in [2.05, 4.69) is 4.72 Å². The predicted octanol–water partition coefficient (Wildman–Crippen LogP) is 0.814. The van der Waals surface area contributed by atoms with Gasteiger partial charge < -0.3 is 15.6 Å². The van der Waals surface area contributed by atoms with Crippen LogP contribution in [0.4, 0.5) is 5.69 Å². The lowest BCUT2D eigenvalue weighted by atomic mass is 9.97. The molecule has 1 heterocycles. The number of nitrogen functional groups attached to an aromatic ring is 1. The van der Waals surface area contributed by atoms with E-state index in [9.17, 15) is 13.2 Å². The summed E-state index contributed by atoms with van der Waals surface area (Å²) in [5.74, 6) is -1.34. The fourth-order valence-corrected chi connectivity index (χ4v) is 3.95. The van der Waals surface area contributed by atoms with Crippen LogP contribution in [0.5, 0.6) is 0 Å². The number of nitrogens with two attached hydrogens (primary N) is 1. The number of carboxylic acids is 1. The molecule has 1 aliphatic heterocycles. The molecular formula is C13H18N2O5S. The highest BCUT2D eigenvalue weighted by molar-refractivity contribution is 7.89. The molecule has 1 aromatic rings. The van der Waals surface area contributed by atoms with Crippen molar-refractivity contribution >= 4 is 21.7 Å². The van der Waals surface area contributed by atoms with Gasteiger partial charge in [-0.2, -0.15) is 0 Å². The van der Waals surface area contributed by atoms with Crippen LogP contribution in [0.15, 0.2) is 23.1 Å². The second-order valence-corrected chi connectivity index (χ2v) is 7.03. The molecule has 1 saturated heterocycles. The van der Waals surface area contributed by atoms with Crippen LogP contribution in [-0.2, 0) is 14.8 Å². The molecule has 0 spiro atoms. The molecule has 8 heteroatoms. The fourth-order valence-electron chi connectivity index (χ4n) is 2.34. The van der Waals surface area contributed by atoms with Crippen molar-refractivity contribution in [2.45, 2.75) is 30.2 Å². The van der Waals surface area contributed by atoms with E-state index < -0.39 is 21.5 Å². The molecular weight excluding hydrogens is 296 g/mol. The molecule has 116 valence electrons. The largest absolute Gasteiger partial charge is 0.478 e. The van der Waals surface area contributed by atoms with Gasteiger partial charge in [0.1, 0.15) is 0 Å². The Morgan fingerprint density at radius 1 is 1.48 bits per heavy atom. The molecule has 0 radical (unpaired) electrons. The average Bonchev–Trinajstić information content (AvgIpc) is 2.37. The number of carbonyl (C=O) groups is 1. The fraction of sp³-hybridized carbons (Fsp3) is 0.462. The molecule has 0 amide bonds. The van der Waals surface area contributed by atoms with Crippen molar-refractivity contribution in [1.29, 1.82) is 0 Å². The monoisotopic (exact) mass is 314 g/mol. The summed E-state index contributed by atoms with van der Waals surface area (Å²) in [6.07, 6.45) is 1.37. The average molecular weight is 314 g/mol. The number of hydrogen-bond donors (Lipinski definition) is 3. The van der Waals surface area contributed by atoms with E-state index in [1.54, 1.807) is 6.92 Å². The van der Waals surface area contributed by atoms with Crippen molar-refractivity contribution in [2.75, 3.05) is 18.9 Å². The second-order valence-electron chi connectivity index (χ2n) is 5.38. The lowest BCUT2D eigenvalue weighted by Gasteiger charge is -2.34. The molecule has 0 bridgehead atoms. The zero-order valence-electron chi connectivity index (χ0n) is 11.6. The third kappa shape index (κ3) is 3.52.